The zero-order valence-electron chi connectivity index (χ0n) is 16.8. The molecule has 0 aromatic heterocycles. The van der Waals surface area contributed by atoms with Crippen molar-refractivity contribution in [1.29, 1.82) is 0 Å². The molecule has 0 saturated heterocycles. The molecule has 5 heteroatoms. The second kappa shape index (κ2) is 8.82. The van der Waals surface area contributed by atoms with Crippen molar-refractivity contribution < 1.29 is 14.5 Å². The minimum absolute atomic E-state index is 0.0654. The number of carbonyl (C=O) groups excluding carboxylic acids is 2. The van der Waals surface area contributed by atoms with E-state index in [0.717, 1.165) is 21.7 Å². The Morgan fingerprint density at radius 2 is 1.59 bits per heavy atom. The van der Waals surface area contributed by atoms with Crippen LogP contribution in [-0.2, 0) is 9.59 Å². The number of amides is 2. The Hall–Kier alpha value is -2.66. The van der Waals surface area contributed by atoms with Gasteiger partial charge in [-0.3, -0.25) is 9.59 Å². The molecular weight excluding hydrogens is 338 g/mol. The molecule has 0 aliphatic carbocycles. The van der Waals surface area contributed by atoms with E-state index in [2.05, 4.69) is 10.6 Å². The molecule has 0 spiro atoms. The first kappa shape index (κ1) is 20.6. The van der Waals surface area contributed by atoms with E-state index in [0.29, 0.717) is 0 Å². The van der Waals surface area contributed by atoms with E-state index in [1.54, 1.807) is 0 Å². The molecule has 2 aromatic carbocycles. The van der Waals surface area contributed by atoms with Crippen LogP contribution in [0.3, 0.4) is 0 Å². The number of nitrogens with one attached hydrogen (secondary N) is 3. The Kier molecular flexibility index (Phi) is 6.75. The summed E-state index contributed by atoms with van der Waals surface area (Å²) in [4.78, 5) is 25.7. The molecule has 0 radical (unpaired) electrons. The fourth-order valence-corrected chi connectivity index (χ4v) is 2.80. The van der Waals surface area contributed by atoms with Crippen LogP contribution in [-0.4, -0.2) is 37.0 Å². The predicted octanol–water partition coefficient (Wildman–Crippen LogP) is 2.11. The van der Waals surface area contributed by atoms with Crippen molar-refractivity contribution in [1.82, 2.24) is 5.32 Å². The van der Waals surface area contributed by atoms with Crippen molar-refractivity contribution in [2.75, 3.05) is 18.9 Å². The summed E-state index contributed by atoms with van der Waals surface area (Å²) in [6.45, 7) is 7.90. The minimum Gasteiger partial charge on any atom is -0.347 e. The number of quaternary nitrogens is 1. The highest BCUT2D eigenvalue weighted by atomic mass is 16.2. The first-order valence-corrected chi connectivity index (χ1v) is 9.26. The summed E-state index contributed by atoms with van der Waals surface area (Å²) >= 11 is 0. The van der Waals surface area contributed by atoms with E-state index in [1.165, 1.54) is 0 Å². The molecule has 0 fully saturated rings. The average Bonchev–Trinajstić information content (AvgIpc) is 2.60. The Bertz CT molecular complexity index is 782. The molecule has 1 unspecified atom stereocenters. The highest BCUT2D eigenvalue weighted by Crippen LogP contribution is 2.27. The van der Waals surface area contributed by atoms with Crippen LogP contribution in [0.2, 0.25) is 0 Å². The van der Waals surface area contributed by atoms with Crippen molar-refractivity contribution in [2.45, 2.75) is 39.3 Å². The molecule has 5 nitrogen and oxygen atoms in total. The summed E-state index contributed by atoms with van der Waals surface area (Å²) in [6.07, 6.45) is 0. The third-order valence-electron chi connectivity index (χ3n) is 4.36. The maximum Gasteiger partial charge on any atom is 0.282 e. The largest absolute Gasteiger partial charge is 0.347 e. The molecule has 0 heterocycles. The monoisotopic (exact) mass is 368 g/mol. The molecule has 2 aromatic rings. The quantitative estimate of drug-likeness (QED) is 0.731. The molecule has 2 amide bonds. The van der Waals surface area contributed by atoms with E-state index < -0.39 is 0 Å². The lowest BCUT2D eigenvalue weighted by Gasteiger charge is -2.24. The number of benzene rings is 2. The number of carbonyl (C=O) groups is 2. The highest BCUT2D eigenvalue weighted by molar-refractivity contribution is 5.97. The van der Waals surface area contributed by atoms with Gasteiger partial charge in [0.05, 0.1) is 7.05 Å². The first-order chi connectivity index (χ1) is 12.7. The van der Waals surface area contributed by atoms with E-state index in [4.69, 9.17) is 0 Å². The fraction of sp³-hybridized carbons (Fsp3) is 0.364. The molecule has 27 heavy (non-hydrogen) atoms. The molecule has 0 aliphatic rings. The third-order valence-corrected chi connectivity index (χ3v) is 4.36. The van der Waals surface area contributed by atoms with Crippen LogP contribution >= 0.6 is 0 Å². The van der Waals surface area contributed by atoms with E-state index in [1.807, 2.05) is 89.3 Å². The molecule has 0 saturated carbocycles. The van der Waals surface area contributed by atoms with Gasteiger partial charge in [0, 0.05) is 16.8 Å². The Morgan fingerprint density at radius 1 is 1.00 bits per heavy atom. The number of para-hydroxylation sites is 1. The molecule has 2 atom stereocenters. The number of anilines is 1. The van der Waals surface area contributed by atoms with Gasteiger partial charge in [0.15, 0.2) is 12.6 Å². The van der Waals surface area contributed by atoms with Gasteiger partial charge in [-0.2, -0.15) is 0 Å². The number of hydrogen-bond donors (Lipinski definition) is 3. The topological polar surface area (TPSA) is 62.6 Å². The van der Waals surface area contributed by atoms with Crippen molar-refractivity contribution in [3.05, 3.63) is 54.6 Å². The lowest BCUT2D eigenvalue weighted by Crippen LogP contribution is -3.15. The van der Waals surface area contributed by atoms with Crippen LogP contribution in [0.1, 0.15) is 27.7 Å². The third kappa shape index (κ3) is 6.22. The molecule has 144 valence electrons. The lowest BCUT2D eigenvalue weighted by atomic mass is 10.0. The van der Waals surface area contributed by atoms with Crippen LogP contribution in [0.4, 0.5) is 5.69 Å². The minimum atomic E-state index is -0.362. The standard InChI is InChI=1S/C22H29N3O2/c1-16(25(5)15-20(26)24-22(2,3)4)21(27)23-19-14-10-9-13-18(19)17-11-7-6-8-12-17/h6-14,16H,15H2,1-5H3,(H,23,27)(H,24,26)/p+1/t16-/m0/s1. The van der Waals surface area contributed by atoms with E-state index in [9.17, 15) is 9.59 Å². The van der Waals surface area contributed by atoms with Gasteiger partial charge in [-0.1, -0.05) is 48.5 Å². The molecular formula is C22H30N3O2+. The van der Waals surface area contributed by atoms with Crippen LogP contribution in [0.15, 0.2) is 54.6 Å². The Balaban J connectivity index is 2.06. The molecule has 2 rings (SSSR count). The molecule has 0 aliphatic heterocycles. The maximum atomic E-state index is 12.7. The average molecular weight is 369 g/mol. The zero-order valence-corrected chi connectivity index (χ0v) is 16.8. The van der Waals surface area contributed by atoms with Gasteiger partial charge in [-0.05, 0) is 39.3 Å². The summed E-state index contributed by atoms with van der Waals surface area (Å²) in [5.41, 5.74) is 2.51. The van der Waals surface area contributed by atoms with Crippen LogP contribution in [0, 0.1) is 0 Å². The van der Waals surface area contributed by atoms with Gasteiger partial charge >= 0.3 is 0 Å². The number of likely N-dealkylation sites (N-methyl/N-ethyl adjacent to an activating group) is 1. The second-order valence-corrected chi connectivity index (χ2v) is 7.94. The lowest BCUT2D eigenvalue weighted by molar-refractivity contribution is -0.885. The van der Waals surface area contributed by atoms with Crippen LogP contribution in [0.5, 0.6) is 0 Å². The normalized spacial score (nSPS) is 13.5. The van der Waals surface area contributed by atoms with Gasteiger partial charge in [0.25, 0.3) is 11.8 Å². The maximum absolute atomic E-state index is 12.7. The second-order valence-electron chi connectivity index (χ2n) is 7.94. The first-order valence-electron chi connectivity index (χ1n) is 9.26. The Morgan fingerprint density at radius 3 is 2.22 bits per heavy atom. The van der Waals surface area contributed by atoms with Gasteiger partial charge < -0.3 is 15.5 Å². The van der Waals surface area contributed by atoms with Crippen LogP contribution in [0.25, 0.3) is 11.1 Å². The highest BCUT2D eigenvalue weighted by Gasteiger charge is 2.26. The summed E-state index contributed by atoms with van der Waals surface area (Å²) in [5, 5.41) is 5.95. The predicted molar refractivity (Wildman–Crippen MR) is 110 cm³/mol. The number of hydrogen-bond acceptors (Lipinski definition) is 2. The molecule has 0 bridgehead atoms. The summed E-state index contributed by atoms with van der Waals surface area (Å²) < 4.78 is 0. The van der Waals surface area contributed by atoms with Gasteiger partial charge in [-0.15, -0.1) is 0 Å². The van der Waals surface area contributed by atoms with Gasteiger partial charge in [-0.25, -0.2) is 0 Å². The van der Waals surface area contributed by atoms with Crippen LogP contribution < -0.4 is 15.5 Å². The smallest absolute Gasteiger partial charge is 0.282 e. The SMILES string of the molecule is C[C@@H](C(=O)Nc1ccccc1-c1ccccc1)[NH+](C)CC(=O)NC(C)(C)C. The van der Waals surface area contributed by atoms with Crippen molar-refractivity contribution in [3.63, 3.8) is 0 Å². The summed E-state index contributed by atoms with van der Waals surface area (Å²) in [7, 11) is 1.86. The van der Waals surface area contributed by atoms with Crippen molar-refractivity contribution >= 4 is 17.5 Å². The van der Waals surface area contributed by atoms with E-state index in [-0.39, 0.29) is 29.9 Å². The molecule has 3 N–H and O–H groups in total. The van der Waals surface area contributed by atoms with E-state index >= 15 is 0 Å². The summed E-state index contributed by atoms with van der Waals surface area (Å²) in [6, 6.07) is 17.3. The zero-order chi connectivity index (χ0) is 20.0. The fourth-order valence-electron chi connectivity index (χ4n) is 2.80. The number of rotatable bonds is 6. The summed E-state index contributed by atoms with van der Waals surface area (Å²) in [5.74, 6) is -0.177. The van der Waals surface area contributed by atoms with Crippen molar-refractivity contribution in [2.24, 2.45) is 0 Å². The van der Waals surface area contributed by atoms with Gasteiger partial charge in [0.2, 0.25) is 0 Å². The van der Waals surface area contributed by atoms with Gasteiger partial charge in [0.1, 0.15) is 0 Å². The Labute approximate surface area is 161 Å². The van der Waals surface area contributed by atoms with Crippen molar-refractivity contribution in [3.8, 4) is 11.1 Å².